The van der Waals surface area contributed by atoms with E-state index in [2.05, 4.69) is 9.97 Å². The standard InChI is InChI=1S/C8H8FN3/c1-4-2-5-8(12-3-11-5)6(9)7(4)10/h2-3H,10H2,1H3,(H,11,12). The van der Waals surface area contributed by atoms with E-state index >= 15 is 0 Å². The summed E-state index contributed by atoms with van der Waals surface area (Å²) in [6, 6.07) is 1.78. The van der Waals surface area contributed by atoms with Crippen molar-refractivity contribution >= 4 is 16.7 Å². The summed E-state index contributed by atoms with van der Waals surface area (Å²) < 4.78 is 13.3. The number of anilines is 1. The Hall–Kier alpha value is -1.58. The number of nitrogens with two attached hydrogens (primary N) is 1. The molecule has 0 spiro atoms. The molecule has 2 aromatic rings. The first-order valence-corrected chi connectivity index (χ1v) is 3.58. The Bertz CT molecular complexity index is 433. The van der Waals surface area contributed by atoms with Crippen molar-refractivity contribution < 1.29 is 4.39 Å². The molecule has 2 rings (SSSR count). The lowest BCUT2D eigenvalue weighted by molar-refractivity contribution is 0.641. The molecule has 3 nitrogen and oxygen atoms in total. The number of halogens is 1. The number of H-pyrrole nitrogens is 1. The fraction of sp³-hybridized carbons (Fsp3) is 0.125. The number of nitrogens with one attached hydrogen (secondary N) is 1. The van der Waals surface area contributed by atoms with Crippen LogP contribution in [0.2, 0.25) is 0 Å². The molecule has 3 N–H and O–H groups in total. The zero-order chi connectivity index (χ0) is 8.72. The predicted molar refractivity (Wildman–Crippen MR) is 45.2 cm³/mol. The van der Waals surface area contributed by atoms with Gasteiger partial charge in [-0.05, 0) is 18.6 Å². The van der Waals surface area contributed by atoms with E-state index in [1.807, 2.05) is 0 Å². The first kappa shape index (κ1) is 7.09. The highest BCUT2D eigenvalue weighted by atomic mass is 19.1. The maximum absolute atomic E-state index is 13.3. The first-order chi connectivity index (χ1) is 5.70. The number of imidazole rings is 1. The summed E-state index contributed by atoms with van der Waals surface area (Å²) >= 11 is 0. The average molecular weight is 165 g/mol. The quantitative estimate of drug-likeness (QED) is 0.582. The molecule has 4 heteroatoms. The largest absolute Gasteiger partial charge is 0.396 e. The number of nitrogens with zero attached hydrogens (tertiary/aromatic N) is 1. The van der Waals surface area contributed by atoms with Gasteiger partial charge in [-0.3, -0.25) is 0 Å². The maximum Gasteiger partial charge on any atom is 0.174 e. The lowest BCUT2D eigenvalue weighted by Gasteiger charge is -2.00. The molecular formula is C8H8FN3. The van der Waals surface area contributed by atoms with E-state index in [0.29, 0.717) is 11.0 Å². The van der Waals surface area contributed by atoms with Gasteiger partial charge >= 0.3 is 0 Å². The molecule has 0 amide bonds. The van der Waals surface area contributed by atoms with Gasteiger partial charge < -0.3 is 10.7 Å². The molecule has 0 aliphatic heterocycles. The fourth-order valence-electron chi connectivity index (χ4n) is 1.18. The van der Waals surface area contributed by atoms with E-state index in [4.69, 9.17) is 5.73 Å². The minimum Gasteiger partial charge on any atom is -0.396 e. The van der Waals surface area contributed by atoms with Crippen molar-refractivity contribution in [3.63, 3.8) is 0 Å². The van der Waals surface area contributed by atoms with Gasteiger partial charge in [0.2, 0.25) is 0 Å². The topological polar surface area (TPSA) is 54.7 Å². The second-order valence-electron chi connectivity index (χ2n) is 2.72. The molecule has 0 saturated heterocycles. The smallest absolute Gasteiger partial charge is 0.174 e. The van der Waals surface area contributed by atoms with E-state index in [-0.39, 0.29) is 5.69 Å². The van der Waals surface area contributed by atoms with Crippen LogP contribution < -0.4 is 5.73 Å². The molecule has 12 heavy (non-hydrogen) atoms. The molecule has 0 atom stereocenters. The van der Waals surface area contributed by atoms with Gasteiger partial charge in [-0.2, -0.15) is 0 Å². The van der Waals surface area contributed by atoms with Gasteiger partial charge in [-0.1, -0.05) is 0 Å². The third-order valence-electron chi connectivity index (χ3n) is 1.90. The second-order valence-corrected chi connectivity index (χ2v) is 2.72. The molecule has 1 aromatic heterocycles. The van der Waals surface area contributed by atoms with Crippen molar-refractivity contribution in [2.75, 3.05) is 5.73 Å². The van der Waals surface area contributed by atoms with Crippen LogP contribution in [0, 0.1) is 12.7 Å². The van der Waals surface area contributed by atoms with Gasteiger partial charge in [0, 0.05) is 0 Å². The van der Waals surface area contributed by atoms with Crippen molar-refractivity contribution in [3.05, 3.63) is 23.8 Å². The van der Waals surface area contributed by atoms with Crippen LogP contribution in [0.25, 0.3) is 11.0 Å². The van der Waals surface area contributed by atoms with Gasteiger partial charge in [0.1, 0.15) is 5.52 Å². The van der Waals surface area contributed by atoms with Crippen molar-refractivity contribution in [2.24, 2.45) is 0 Å². The third kappa shape index (κ3) is 0.777. The van der Waals surface area contributed by atoms with Gasteiger partial charge in [-0.25, -0.2) is 9.37 Å². The van der Waals surface area contributed by atoms with Crippen molar-refractivity contribution in [1.29, 1.82) is 0 Å². The van der Waals surface area contributed by atoms with Crippen LogP contribution >= 0.6 is 0 Å². The Morgan fingerprint density at radius 2 is 2.33 bits per heavy atom. The number of benzene rings is 1. The van der Waals surface area contributed by atoms with Crippen molar-refractivity contribution in [3.8, 4) is 0 Å². The van der Waals surface area contributed by atoms with Gasteiger partial charge in [-0.15, -0.1) is 0 Å². The molecule has 0 saturated carbocycles. The zero-order valence-electron chi connectivity index (χ0n) is 6.56. The summed E-state index contributed by atoms with van der Waals surface area (Å²) in [5.74, 6) is -0.439. The minimum absolute atomic E-state index is 0.176. The number of aromatic nitrogens is 2. The summed E-state index contributed by atoms with van der Waals surface area (Å²) in [6.45, 7) is 1.76. The number of aromatic amines is 1. The predicted octanol–water partition coefficient (Wildman–Crippen LogP) is 1.59. The van der Waals surface area contributed by atoms with E-state index in [9.17, 15) is 4.39 Å². The highest BCUT2D eigenvalue weighted by molar-refractivity contribution is 5.81. The molecule has 1 aromatic carbocycles. The summed E-state index contributed by atoms with van der Waals surface area (Å²) in [7, 11) is 0. The van der Waals surface area contributed by atoms with Gasteiger partial charge in [0.25, 0.3) is 0 Å². The molecule has 0 bridgehead atoms. The van der Waals surface area contributed by atoms with Crippen LogP contribution in [0.1, 0.15) is 5.56 Å². The lowest BCUT2D eigenvalue weighted by Crippen LogP contribution is -1.95. The summed E-state index contributed by atoms with van der Waals surface area (Å²) in [5.41, 5.74) is 7.36. The molecule has 0 aliphatic rings. The SMILES string of the molecule is Cc1cc2[nH]cnc2c(F)c1N. The van der Waals surface area contributed by atoms with Crippen LogP contribution in [0.15, 0.2) is 12.4 Å². The average Bonchev–Trinajstić information content (AvgIpc) is 2.48. The van der Waals surface area contributed by atoms with Crippen LogP contribution in [0.4, 0.5) is 10.1 Å². The second kappa shape index (κ2) is 2.20. The van der Waals surface area contributed by atoms with E-state index < -0.39 is 5.82 Å². The van der Waals surface area contributed by atoms with Crippen LogP contribution in [0.5, 0.6) is 0 Å². The zero-order valence-corrected chi connectivity index (χ0v) is 6.56. The Morgan fingerprint density at radius 1 is 1.58 bits per heavy atom. The highest BCUT2D eigenvalue weighted by Crippen LogP contribution is 2.23. The number of rotatable bonds is 0. The minimum atomic E-state index is -0.439. The molecule has 62 valence electrons. The van der Waals surface area contributed by atoms with E-state index in [1.165, 1.54) is 6.33 Å². The van der Waals surface area contributed by atoms with Crippen molar-refractivity contribution in [2.45, 2.75) is 6.92 Å². The normalized spacial score (nSPS) is 10.8. The first-order valence-electron chi connectivity index (χ1n) is 3.58. The van der Waals surface area contributed by atoms with Crippen LogP contribution in [-0.2, 0) is 0 Å². The Labute approximate surface area is 68.4 Å². The summed E-state index contributed by atoms with van der Waals surface area (Å²) in [4.78, 5) is 6.63. The van der Waals surface area contributed by atoms with Crippen LogP contribution in [-0.4, -0.2) is 9.97 Å². The van der Waals surface area contributed by atoms with Crippen molar-refractivity contribution in [1.82, 2.24) is 9.97 Å². The molecule has 0 radical (unpaired) electrons. The fourth-order valence-corrected chi connectivity index (χ4v) is 1.18. The monoisotopic (exact) mass is 165 g/mol. The number of nitrogen functional groups attached to an aromatic ring is 1. The molecule has 1 heterocycles. The number of hydrogen-bond acceptors (Lipinski definition) is 2. The van der Waals surface area contributed by atoms with Gasteiger partial charge in [0.05, 0.1) is 17.5 Å². The lowest BCUT2D eigenvalue weighted by atomic mass is 10.1. The van der Waals surface area contributed by atoms with E-state index in [0.717, 1.165) is 5.56 Å². The Morgan fingerprint density at radius 3 is 3.08 bits per heavy atom. The van der Waals surface area contributed by atoms with E-state index in [1.54, 1.807) is 13.0 Å². The number of fused-ring (bicyclic) bond motifs is 1. The number of hydrogen-bond donors (Lipinski definition) is 2. The Balaban J connectivity index is 2.94. The molecule has 0 fully saturated rings. The summed E-state index contributed by atoms with van der Waals surface area (Å²) in [5, 5.41) is 0. The molecule has 0 unspecified atom stereocenters. The van der Waals surface area contributed by atoms with Crippen LogP contribution in [0.3, 0.4) is 0 Å². The highest BCUT2D eigenvalue weighted by Gasteiger charge is 2.09. The maximum atomic E-state index is 13.3. The molecular weight excluding hydrogens is 157 g/mol. The van der Waals surface area contributed by atoms with Gasteiger partial charge in [0.15, 0.2) is 5.82 Å². The summed E-state index contributed by atoms with van der Waals surface area (Å²) in [6.07, 6.45) is 1.45. The third-order valence-corrected chi connectivity index (χ3v) is 1.90. The Kier molecular flexibility index (Phi) is 1.30. The molecule has 0 aliphatic carbocycles. The number of aryl methyl sites for hydroxylation is 1.